The molecule has 30 heavy (non-hydrogen) atoms. The van der Waals surface area contributed by atoms with Gasteiger partial charge in [-0.05, 0) is 48.4 Å². The molecule has 8 heteroatoms. The van der Waals surface area contributed by atoms with E-state index in [1.807, 2.05) is 4.90 Å². The molecule has 7 nitrogen and oxygen atoms in total. The molecule has 1 aliphatic rings. The first-order valence-electron chi connectivity index (χ1n) is 9.94. The number of halogens is 1. The Morgan fingerprint density at radius 2 is 1.97 bits per heavy atom. The molecule has 1 fully saturated rings. The zero-order chi connectivity index (χ0) is 20.9. The highest BCUT2D eigenvalue weighted by molar-refractivity contribution is 5.94. The first-order valence-corrected chi connectivity index (χ1v) is 9.94. The lowest BCUT2D eigenvalue weighted by Gasteiger charge is -2.17. The molecule has 0 bridgehead atoms. The maximum atomic E-state index is 13.1. The minimum atomic E-state index is -0.244. The summed E-state index contributed by atoms with van der Waals surface area (Å²) < 4.78 is 20.5. The fraction of sp³-hybridized carbons (Fsp3) is 0.318. The van der Waals surface area contributed by atoms with Crippen molar-refractivity contribution >= 4 is 5.91 Å². The number of benzene rings is 2. The van der Waals surface area contributed by atoms with Gasteiger partial charge in [0.15, 0.2) is 0 Å². The topological polar surface area (TPSA) is 86.3 Å². The van der Waals surface area contributed by atoms with Crippen molar-refractivity contribution in [1.82, 2.24) is 19.7 Å². The highest BCUT2D eigenvalue weighted by atomic mass is 19.1. The van der Waals surface area contributed by atoms with Gasteiger partial charge in [0.25, 0.3) is 5.91 Å². The molecule has 1 amide bonds. The zero-order valence-electron chi connectivity index (χ0n) is 16.5. The molecule has 0 aliphatic carbocycles. The van der Waals surface area contributed by atoms with Crippen LogP contribution < -0.4 is 10.5 Å². The van der Waals surface area contributed by atoms with Gasteiger partial charge < -0.3 is 15.4 Å². The molecule has 2 heterocycles. The first-order chi connectivity index (χ1) is 14.6. The van der Waals surface area contributed by atoms with Crippen molar-refractivity contribution < 1.29 is 13.9 Å². The number of likely N-dealkylation sites (tertiary alicyclic amines) is 1. The van der Waals surface area contributed by atoms with Gasteiger partial charge in [-0.15, -0.1) is 0 Å². The molecule has 1 aromatic heterocycles. The Hall–Kier alpha value is -3.26. The second-order valence-electron chi connectivity index (χ2n) is 7.50. The van der Waals surface area contributed by atoms with Crippen molar-refractivity contribution in [3.63, 3.8) is 0 Å². The van der Waals surface area contributed by atoms with Crippen molar-refractivity contribution in [2.75, 3.05) is 19.7 Å². The summed E-state index contributed by atoms with van der Waals surface area (Å²) in [5.74, 6) is 0.648. The van der Waals surface area contributed by atoms with Gasteiger partial charge in [0.2, 0.25) is 0 Å². The van der Waals surface area contributed by atoms with Crippen LogP contribution in [0.2, 0.25) is 0 Å². The van der Waals surface area contributed by atoms with Gasteiger partial charge in [-0.25, -0.2) is 9.37 Å². The molecule has 2 N–H and O–H groups in total. The monoisotopic (exact) mass is 409 g/mol. The minimum Gasteiger partial charge on any atom is -0.492 e. The number of carbonyl (C=O) groups is 1. The molecule has 3 aromatic rings. The number of hydrogen-bond acceptors (Lipinski definition) is 5. The average Bonchev–Trinajstić information content (AvgIpc) is 3.45. The van der Waals surface area contributed by atoms with E-state index >= 15 is 0 Å². The Kier molecular flexibility index (Phi) is 6.04. The van der Waals surface area contributed by atoms with Crippen LogP contribution in [0.4, 0.5) is 4.39 Å². The van der Waals surface area contributed by atoms with Crippen LogP contribution in [-0.2, 0) is 6.54 Å². The Morgan fingerprint density at radius 1 is 1.20 bits per heavy atom. The Morgan fingerprint density at radius 3 is 2.67 bits per heavy atom. The van der Waals surface area contributed by atoms with Crippen LogP contribution in [0.25, 0.3) is 0 Å². The van der Waals surface area contributed by atoms with Gasteiger partial charge in [0, 0.05) is 24.6 Å². The van der Waals surface area contributed by atoms with Crippen molar-refractivity contribution in [3.05, 3.63) is 78.1 Å². The lowest BCUT2D eigenvalue weighted by Crippen LogP contribution is -2.32. The summed E-state index contributed by atoms with van der Waals surface area (Å²) in [4.78, 5) is 18.5. The van der Waals surface area contributed by atoms with E-state index in [1.54, 1.807) is 47.4 Å². The molecular formula is C22H24FN5O2. The van der Waals surface area contributed by atoms with Crippen LogP contribution in [0.1, 0.15) is 28.3 Å². The summed E-state index contributed by atoms with van der Waals surface area (Å²) in [6.45, 7) is 2.18. The SMILES string of the molecule is NC(COc1ccc(C(=O)N2CC[C@H](c3ccc(F)cc3)C2)cc1)Cn1cncn1. The van der Waals surface area contributed by atoms with E-state index in [-0.39, 0.29) is 23.7 Å². The van der Waals surface area contributed by atoms with Gasteiger partial charge in [0.1, 0.15) is 30.8 Å². The quantitative estimate of drug-likeness (QED) is 0.648. The third-order valence-corrected chi connectivity index (χ3v) is 5.27. The van der Waals surface area contributed by atoms with Crippen molar-refractivity contribution in [3.8, 4) is 5.75 Å². The first kappa shape index (κ1) is 20.0. The zero-order valence-corrected chi connectivity index (χ0v) is 16.5. The summed E-state index contributed by atoms with van der Waals surface area (Å²) in [6, 6.07) is 13.4. The van der Waals surface area contributed by atoms with Crippen LogP contribution in [0.15, 0.2) is 61.2 Å². The molecule has 0 saturated carbocycles. The molecule has 1 unspecified atom stereocenters. The number of hydrogen-bond donors (Lipinski definition) is 1. The maximum Gasteiger partial charge on any atom is 0.253 e. The normalized spacial score (nSPS) is 17.1. The molecule has 0 spiro atoms. The van der Waals surface area contributed by atoms with E-state index in [4.69, 9.17) is 10.5 Å². The molecule has 1 saturated heterocycles. The smallest absolute Gasteiger partial charge is 0.253 e. The number of ether oxygens (including phenoxy) is 1. The second kappa shape index (κ2) is 9.04. The van der Waals surface area contributed by atoms with Crippen LogP contribution in [0.5, 0.6) is 5.75 Å². The van der Waals surface area contributed by atoms with Gasteiger partial charge in [-0.1, -0.05) is 12.1 Å². The molecular weight excluding hydrogens is 385 g/mol. The Balaban J connectivity index is 1.29. The Labute approximate surface area is 174 Å². The number of nitrogens with two attached hydrogens (primary N) is 1. The van der Waals surface area contributed by atoms with Crippen LogP contribution in [0, 0.1) is 5.82 Å². The van der Waals surface area contributed by atoms with Gasteiger partial charge >= 0.3 is 0 Å². The van der Waals surface area contributed by atoms with Crippen LogP contribution >= 0.6 is 0 Å². The molecule has 1 aliphatic heterocycles. The van der Waals surface area contributed by atoms with Crippen LogP contribution in [-0.4, -0.2) is 51.3 Å². The van der Waals surface area contributed by atoms with Gasteiger partial charge in [-0.2, -0.15) is 5.10 Å². The minimum absolute atomic E-state index is 0.00551. The summed E-state index contributed by atoms with van der Waals surface area (Å²) >= 11 is 0. The number of nitrogens with zero attached hydrogens (tertiary/aromatic N) is 4. The molecule has 0 radical (unpaired) electrons. The summed E-state index contributed by atoms with van der Waals surface area (Å²) in [6.07, 6.45) is 3.95. The summed E-state index contributed by atoms with van der Waals surface area (Å²) in [5, 5.41) is 4.02. The predicted molar refractivity (Wildman–Crippen MR) is 110 cm³/mol. The third-order valence-electron chi connectivity index (χ3n) is 5.27. The lowest BCUT2D eigenvalue weighted by atomic mass is 9.99. The van der Waals surface area contributed by atoms with Crippen molar-refractivity contribution in [1.29, 1.82) is 0 Å². The summed E-state index contributed by atoms with van der Waals surface area (Å²) in [7, 11) is 0. The van der Waals surface area contributed by atoms with E-state index < -0.39 is 0 Å². The van der Waals surface area contributed by atoms with E-state index in [1.165, 1.54) is 18.5 Å². The van der Waals surface area contributed by atoms with Gasteiger partial charge in [-0.3, -0.25) is 9.48 Å². The van der Waals surface area contributed by atoms with E-state index in [0.717, 1.165) is 12.0 Å². The number of aromatic nitrogens is 3. The molecule has 156 valence electrons. The fourth-order valence-corrected chi connectivity index (χ4v) is 3.65. The largest absolute Gasteiger partial charge is 0.492 e. The van der Waals surface area contributed by atoms with Gasteiger partial charge in [0.05, 0.1) is 12.6 Å². The Bertz CT molecular complexity index is 960. The standard InChI is InChI=1S/C22H24FN5O2/c23-19-5-1-16(2-6-19)18-9-10-27(11-18)22(29)17-3-7-21(8-4-17)30-13-20(24)12-28-15-25-14-26-28/h1-8,14-15,18,20H,9-13,24H2/t18-,20?/m0/s1. The fourth-order valence-electron chi connectivity index (χ4n) is 3.65. The highest BCUT2D eigenvalue weighted by Crippen LogP contribution is 2.28. The predicted octanol–water partition coefficient (Wildman–Crippen LogP) is 2.45. The average molecular weight is 409 g/mol. The van der Waals surface area contributed by atoms with E-state index in [9.17, 15) is 9.18 Å². The molecule has 2 aromatic carbocycles. The number of amides is 1. The lowest BCUT2D eigenvalue weighted by molar-refractivity contribution is 0.0790. The van der Waals surface area contributed by atoms with E-state index in [2.05, 4.69) is 10.1 Å². The van der Waals surface area contributed by atoms with Crippen LogP contribution in [0.3, 0.4) is 0 Å². The second-order valence-corrected chi connectivity index (χ2v) is 7.50. The van der Waals surface area contributed by atoms with Crippen molar-refractivity contribution in [2.24, 2.45) is 5.73 Å². The molecule has 4 rings (SSSR count). The maximum absolute atomic E-state index is 13.1. The highest BCUT2D eigenvalue weighted by Gasteiger charge is 2.28. The molecule has 2 atom stereocenters. The third kappa shape index (κ3) is 4.83. The van der Waals surface area contributed by atoms with E-state index in [0.29, 0.717) is 37.6 Å². The number of carbonyl (C=O) groups excluding carboxylic acids is 1. The summed E-state index contributed by atoms with van der Waals surface area (Å²) in [5.41, 5.74) is 7.73. The number of rotatable bonds is 7. The van der Waals surface area contributed by atoms with Crippen molar-refractivity contribution in [2.45, 2.75) is 24.9 Å².